The van der Waals surface area contributed by atoms with Crippen LogP contribution in [0.2, 0.25) is 0 Å². The first-order valence-corrected chi connectivity index (χ1v) is 8.54. The number of carboxylic acid groups (broad SMARTS) is 1. The molecule has 0 saturated heterocycles. The van der Waals surface area contributed by atoms with Crippen LogP contribution in [0.25, 0.3) is 0 Å². The molecule has 4 fully saturated rings. The second-order valence-corrected chi connectivity index (χ2v) is 8.55. The van der Waals surface area contributed by atoms with Crippen molar-refractivity contribution in [2.24, 2.45) is 23.7 Å². The minimum absolute atomic E-state index is 0.0365. The van der Waals surface area contributed by atoms with Crippen molar-refractivity contribution in [2.45, 2.75) is 64.2 Å². The first-order valence-electron chi connectivity index (χ1n) is 8.54. The van der Waals surface area contributed by atoms with E-state index in [4.69, 9.17) is 4.74 Å². The van der Waals surface area contributed by atoms with Crippen molar-refractivity contribution in [3.05, 3.63) is 0 Å². The number of hydrogen-bond acceptors (Lipinski definition) is 4. The predicted octanol–water partition coefficient (Wildman–Crippen LogP) is 2.45. The highest BCUT2D eigenvalue weighted by atomic mass is 16.6. The predicted molar refractivity (Wildman–Crippen MR) is 82.6 cm³/mol. The van der Waals surface area contributed by atoms with Crippen LogP contribution in [0.5, 0.6) is 0 Å². The summed E-state index contributed by atoms with van der Waals surface area (Å²) in [6.45, 7) is 4.70. The van der Waals surface area contributed by atoms with Crippen molar-refractivity contribution in [3.8, 4) is 0 Å². The van der Waals surface area contributed by atoms with Crippen LogP contribution in [0, 0.1) is 23.7 Å². The summed E-state index contributed by atoms with van der Waals surface area (Å²) < 4.78 is 5.39. The highest BCUT2D eigenvalue weighted by Gasteiger charge is 2.61. The zero-order valence-electron chi connectivity index (χ0n) is 14.1. The third-order valence-electron chi connectivity index (χ3n) is 5.68. The molecule has 4 bridgehead atoms. The summed E-state index contributed by atoms with van der Waals surface area (Å²) >= 11 is 0. The Bertz CT molecular complexity index is 482. The van der Waals surface area contributed by atoms with Gasteiger partial charge in [0.05, 0.1) is 0 Å². The fraction of sp³-hybridized carbons (Fsp3) is 0.882. The van der Waals surface area contributed by atoms with Gasteiger partial charge in [0.15, 0.2) is 0 Å². The lowest BCUT2D eigenvalue weighted by Gasteiger charge is -2.61. The van der Waals surface area contributed by atoms with Crippen LogP contribution < -0.4 is 0 Å². The number of hydrogen-bond donors (Lipinski definition) is 2. The summed E-state index contributed by atoms with van der Waals surface area (Å²) in [6.07, 6.45) is 4.00. The van der Waals surface area contributed by atoms with Crippen LogP contribution in [-0.2, 0) is 9.53 Å². The number of carbonyl (C=O) groups is 2. The molecule has 0 atom stereocenters. The van der Waals surface area contributed by atoms with Gasteiger partial charge in [0, 0.05) is 11.8 Å². The van der Waals surface area contributed by atoms with Crippen molar-refractivity contribution in [1.82, 2.24) is 4.90 Å². The van der Waals surface area contributed by atoms with E-state index in [2.05, 4.69) is 0 Å². The van der Waals surface area contributed by atoms with E-state index in [1.165, 1.54) is 6.42 Å². The number of aliphatic hydroxyl groups is 1. The van der Waals surface area contributed by atoms with Crippen molar-refractivity contribution in [2.75, 3.05) is 6.54 Å². The maximum atomic E-state index is 12.6. The lowest BCUT2D eigenvalue weighted by atomic mass is 9.52. The smallest absolute Gasteiger partial charge is 0.413 e. The molecule has 0 unspecified atom stereocenters. The normalized spacial score (nSPS) is 38.4. The van der Waals surface area contributed by atoms with Crippen molar-refractivity contribution in [1.29, 1.82) is 0 Å². The number of aliphatic carboxylic acids is 1. The van der Waals surface area contributed by atoms with E-state index in [1.54, 1.807) is 20.8 Å². The summed E-state index contributed by atoms with van der Waals surface area (Å²) in [5, 5.41) is 20.7. The van der Waals surface area contributed by atoms with Gasteiger partial charge in [-0.25, -0.2) is 4.79 Å². The van der Waals surface area contributed by atoms with Gasteiger partial charge >= 0.3 is 12.1 Å². The maximum absolute atomic E-state index is 12.6. The van der Waals surface area contributed by atoms with Gasteiger partial charge in [-0.15, -0.1) is 0 Å². The van der Waals surface area contributed by atoms with E-state index in [-0.39, 0.29) is 11.8 Å². The fourth-order valence-corrected chi connectivity index (χ4v) is 5.11. The fourth-order valence-electron chi connectivity index (χ4n) is 5.11. The Labute approximate surface area is 136 Å². The quantitative estimate of drug-likeness (QED) is 0.778. The summed E-state index contributed by atoms with van der Waals surface area (Å²) in [4.78, 5) is 25.0. The van der Waals surface area contributed by atoms with Crippen LogP contribution >= 0.6 is 0 Å². The van der Waals surface area contributed by atoms with Gasteiger partial charge in [-0.2, -0.15) is 0 Å². The first kappa shape index (κ1) is 16.6. The van der Waals surface area contributed by atoms with Crippen LogP contribution in [0.15, 0.2) is 0 Å². The van der Waals surface area contributed by atoms with Gasteiger partial charge in [-0.1, -0.05) is 0 Å². The summed E-state index contributed by atoms with van der Waals surface area (Å²) in [5.41, 5.74) is -2.11. The van der Waals surface area contributed by atoms with E-state index < -0.39 is 29.9 Å². The zero-order valence-corrected chi connectivity index (χ0v) is 14.1. The monoisotopic (exact) mass is 325 g/mol. The molecule has 0 spiro atoms. The van der Waals surface area contributed by atoms with E-state index in [0.29, 0.717) is 11.8 Å². The van der Waals surface area contributed by atoms with Crippen molar-refractivity contribution >= 4 is 12.1 Å². The number of ether oxygens (including phenoxy) is 1. The second kappa shape index (κ2) is 5.36. The molecule has 6 nitrogen and oxygen atoms in total. The summed E-state index contributed by atoms with van der Waals surface area (Å²) in [6, 6.07) is 0. The molecule has 0 aromatic rings. The minimum atomic E-state index is -1.38. The lowest BCUT2D eigenvalue weighted by molar-refractivity contribution is -0.244. The van der Waals surface area contributed by atoms with E-state index in [1.807, 2.05) is 0 Å². The molecular weight excluding hydrogens is 298 g/mol. The molecule has 0 aromatic heterocycles. The highest BCUT2D eigenvalue weighted by Crippen LogP contribution is 2.59. The molecular formula is C17H27NO5. The highest BCUT2D eigenvalue weighted by molar-refractivity contribution is 5.77. The first-order chi connectivity index (χ1) is 10.6. The molecule has 4 rings (SSSR count). The molecule has 2 N–H and O–H groups in total. The number of amides is 1. The summed E-state index contributed by atoms with van der Waals surface area (Å²) in [7, 11) is 0. The number of rotatable bonds is 3. The molecule has 4 aliphatic carbocycles. The Kier molecular flexibility index (Phi) is 3.86. The topological polar surface area (TPSA) is 87.1 Å². The molecule has 0 aliphatic heterocycles. The SMILES string of the molecule is CC(C)(C)OC(=O)N(CC(=O)O)C1(O)C2CC3CC(C2)CC1C3. The van der Waals surface area contributed by atoms with Gasteiger partial charge in [0.2, 0.25) is 0 Å². The van der Waals surface area contributed by atoms with Crippen LogP contribution in [0.3, 0.4) is 0 Å². The Morgan fingerprint density at radius 2 is 1.57 bits per heavy atom. The van der Waals surface area contributed by atoms with Gasteiger partial charge in [-0.05, 0) is 64.7 Å². The molecule has 4 aliphatic rings. The molecule has 1 amide bonds. The zero-order chi connectivity index (χ0) is 17.0. The van der Waals surface area contributed by atoms with E-state index in [9.17, 15) is 19.8 Å². The molecule has 130 valence electrons. The van der Waals surface area contributed by atoms with Crippen LogP contribution in [-0.4, -0.2) is 45.0 Å². The van der Waals surface area contributed by atoms with E-state index in [0.717, 1.165) is 30.6 Å². The number of nitrogens with zero attached hydrogens (tertiary/aromatic N) is 1. The second-order valence-electron chi connectivity index (χ2n) is 8.55. The third-order valence-corrected chi connectivity index (χ3v) is 5.68. The average Bonchev–Trinajstić information content (AvgIpc) is 2.39. The molecule has 0 heterocycles. The van der Waals surface area contributed by atoms with Gasteiger partial charge < -0.3 is 14.9 Å². The Morgan fingerprint density at radius 1 is 1.09 bits per heavy atom. The van der Waals surface area contributed by atoms with E-state index >= 15 is 0 Å². The Morgan fingerprint density at radius 3 is 1.96 bits per heavy atom. The van der Waals surface area contributed by atoms with Gasteiger partial charge in [0.25, 0.3) is 0 Å². The van der Waals surface area contributed by atoms with Crippen LogP contribution in [0.1, 0.15) is 52.9 Å². The Balaban J connectivity index is 1.89. The Hall–Kier alpha value is -1.30. The number of carboxylic acids is 1. The molecule has 6 heteroatoms. The average molecular weight is 325 g/mol. The molecule has 0 radical (unpaired) electrons. The molecule has 0 aromatic carbocycles. The minimum Gasteiger partial charge on any atom is -0.480 e. The number of carbonyl (C=O) groups excluding carboxylic acids is 1. The largest absolute Gasteiger partial charge is 0.480 e. The maximum Gasteiger partial charge on any atom is 0.413 e. The van der Waals surface area contributed by atoms with Crippen molar-refractivity contribution < 1.29 is 24.5 Å². The van der Waals surface area contributed by atoms with Gasteiger partial charge in [-0.3, -0.25) is 9.69 Å². The van der Waals surface area contributed by atoms with Crippen LogP contribution in [0.4, 0.5) is 4.79 Å². The van der Waals surface area contributed by atoms with Crippen molar-refractivity contribution in [3.63, 3.8) is 0 Å². The molecule has 4 saturated carbocycles. The lowest BCUT2D eigenvalue weighted by Crippen LogP contribution is -2.68. The van der Waals surface area contributed by atoms with Gasteiger partial charge in [0.1, 0.15) is 17.9 Å². The third kappa shape index (κ3) is 2.93. The summed E-state index contributed by atoms with van der Waals surface area (Å²) in [5.74, 6) is 0.0282. The molecule has 23 heavy (non-hydrogen) atoms. The standard InChI is InChI=1S/C17H27NO5/c1-16(2,3)23-15(21)18(9-14(19)20)17(22)12-5-10-4-11(7-12)8-13(17)6-10/h10-13,22H,4-9H2,1-3H3,(H,19,20).